The second kappa shape index (κ2) is 8.11. The molecule has 23 heavy (non-hydrogen) atoms. The monoisotopic (exact) mass is 339 g/mol. The first-order valence-corrected chi connectivity index (χ1v) is 8.56. The molecule has 1 amide bonds. The van der Waals surface area contributed by atoms with Crippen LogP contribution in [0, 0.1) is 12.8 Å². The number of aliphatic hydroxyl groups excluding tert-OH is 1. The van der Waals surface area contributed by atoms with Crippen LogP contribution >= 0.6 is 11.6 Å². The van der Waals surface area contributed by atoms with Gasteiger partial charge in [0.05, 0.1) is 5.69 Å². The molecule has 1 aromatic carbocycles. The van der Waals surface area contributed by atoms with Crippen LogP contribution in [0.1, 0.15) is 44.1 Å². The number of nitrogens with two attached hydrogens (primary N) is 2. The van der Waals surface area contributed by atoms with Gasteiger partial charge in [-0.25, -0.2) is 10.9 Å². The molecule has 0 bridgehead atoms. The molecule has 128 valence electrons. The summed E-state index contributed by atoms with van der Waals surface area (Å²) in [5, 5.41) is 11.7. The first kappa shape index (κ1) is 18.2. The Morgan fingerprint density at radius 2 is 2.04 bits per heavy atom. The maximum Gasteiger partial charge on any atom is 0.271 e. The standard InChI is InChI=1S/C17H26ClN3O2/c1-11-7-8-13(10-14(11)18)21(20)17(23)16(22)15(19)9-12-5-3-2-4-6-12/h7-8,10,12,15-16,22H,2-6,9,19-20H2,1H3/t15-,16?/m1/s1. The minimum Gasteiger partial charge on any atom is -0.382 e. The van der Waals surface area contributed by atoms with Gasteiger partial charge >= 0.3 is 0 Å². The smallest absolute Gasteiger partial charge is 0.271 e. The second-order valence-corrected chi connectivity index (χ2v) is 6.90. The lowest BCUT2D eigenvalue weighted by molar-refractivity contribution is -0.127. The molecular formula is C17H26ClN3O2. The number of hydrazine groups is 1. The van der Waals surface area contributed by atoms with Gasteiger partial charge in [-0.3, -0.25) is 4.79 Å². The van der Waals surface area contributed by atoms with E-state index in [0.29, 0.717) is 23.0 Å². The zero-order valence-corrected chi connectivity index (χ0v) is 14.3. The van der Waals surface area contributed by atoms with E-state index in [4.69, 9.17) is 23.2 Å². The Labute approximate surface area is 142 Å². The highest BCUT2D eigenvalue weighted by atomic mass is 35.5. The molecule has 0 heterocycles. The summed E-state index contributed by atoms with van der Waals surface area (Å²) in [6.45, 7) is 1.86. The van der Waals surface area contributed by atoms with Crippen molar-refractivity contribution in [1.29, 1.82) is 0 Å². The number of anilines is 1. The number of benzene rings is 1. The molecule has 2 rings (SSSR count). The Bertz CT molecular complexity index is 547. The van der Waals surface area contributed by atoms with E-state index in [0.717, 1.165) is 23.4 Å². The molecule has 1 fully saturated rings. The average Bonchev–Trinajstić information content (AvgIpc) is 2.56. The van der Waals surface area contributed by atoms with Gasteiger partial charge in [0.15, 0.2) is 0 Å². The Balaban J connectivity index is 1.98. The molecule has 1 aliphatic carbocycles. The van der Waals surface area contributed by atoms with Crippen LogP contribution in [-0.4, -0.2) is 23.2 Å². The Morgan fingerprint density at radius 1 is 1.39 bits per heavy atom. The van der Waals surface area contributed by atoms with Crippen LogP contribution in [-0.2, 0) is 4.79 Å². The Hall–Kier alpha value is -1.14. The number of hydrogen-bond acceptors (Lipinski definition) is 4. The third-order valence-electron chi connectivity index (χ3n) is 4.66. The van der Waals surface area contributed by atoms with E-state index in [2.05, 4.69) is 0 Å². The van der Waals surface area contributed by atoms with Crippen LogP contribution in [0.4, 0.5) is 5.69 Å². The number of hydrogen-bond donors (Lipinski definition) is 3. The maximum atomic E-state index is 12.4. The summed E-state index contributed by atoms with van der Waals surface area (Å²) in [4.78, 5) is 12.4. The van der Waals surface area contributed by atoms with E-state index in [9.17, 15) is 9.90 Å². The Kier molecular flexibility index (Phi) is 6.41. The number of nitrogens with zero attached hydrogens (tertiary/aromatic N) is 1. The average molecular weight is 340 g/mol. The van der Waals surface area contributed by atoms with Crippen molar-refractivity contribution in [3.05, 3.63) is 28.8 Å². The van der Waals surface area contributed by atoms with E-state index in [1.807, 2.05) is 6.92 Å². The maximum absolute atomic E-state index is 12.4. The molecule has 2 atom stereocenters. The van der Waals surface area contributed by atoms with E-state index < -0.39 is 18.1 Å². The fourth-order valence-corrected chi connectivity index (χ4v) is 3.30. The molecule has 0 spiro atoms. The third kappa shape index (κ3) is 4.67. The predicted octanol–water partition coefficient (Wildman–Crippen LogP) is 2.51. The van der Waals surface area contributed by atoms with E-state index in [1.54, 1.807) is 18.2 Å². The number of aliphatic hydroxyl groups is 1. The minimum atomic E-state index is -1.30. The van der Waals surface area contributed by atoms with Crippen molar-refractivity contribution in [1.82, 2.24) is 0 Å². The summed E-state index contributed by atoms with van der Waals surface area (Å²) in [6, 6.07) is 4.48. The van der Waals surface area contributed by atoms with Crippen LogP contribution in [0.5, 0.6) is 0 Å². The van der Waals surface area contributed by atoms with Crippen molar-refractivity contribution in [2.75, 3.05) is 5.01 Å². The van der Waals surface area contributed by atoms with E-state index in [-0.39, 0.29) is 0 Å². The van der Waals surface area contributed by atoms with Crippen LogP contribution in [0.15, 0.2) is 18.2 Å². The first-order chi connectivity index (χ1) is 10.9. The van der Waals surface area contributed by atoms with Crippen LogP contribution in [0.25, 0.3) is 0 Å². The number of carbonyl (C=O) groups is 1. The van der Waals surface area contributed by atoms with E-state index >= 15 is 0 Å². The Morgan fingerprint density at radius 3 is 2.65 bits per heavy atom. The molecule has 0 radical (unpaired) electrons. The van der Waals surface area contributed by atoms with Gasteiger partial charge in [0.25, 0.3) is 5.91 Å². The van der Waals surface area contributed by atoms with Crippen molar-refractivity contribution in [3.63, 3.8) is 0 Å². The highest BCUT2D eigenvalue weighted by molar-refractivity contribution is 6.31. The van der Waals surface area contributed by atoms with Crippen molar-refractivity contribution >= 4 is 23.2 Å². The fourth-order valence-electron chi connectivity index (χ4n) is 3.12. The van der Waals surface area contributed by atoms with Gasteiger partial charge in [-0.2, -0.15) is 0 Å². The van der Waals surface area contributed by atoms with Gasteiger partial charge in [0, 0.05) is 11.1 Å². The van der Waals surface area contributed by atoms with Crippen molar-refractivity contribution < 1.29 is 9.90 Å². The minimum absolute atomic E-state index is 0.439. The number of aryl methyl sites for hydroxylation is 1. The lowest BCUT2D eigenvalue weighted by atomic mass is 9.84. The van der Waals surface area contributed by atoms with Gasteiger partial charge in [-0.1, -0.05) is 49.8 Å². The molecule has 0 saturated heterocycles. The fraction of sp³-hybridized carbons (Fsp3) is 0.588. The molecule has 6 heteroatoms. The summed E-state index contributed by atoms with van der Waals surface area (Å²) in [7, 11) is 0. The predicted molar refractivity (Wildman–Crippen MR) is 93.0 cm³/mol. The van der Waals surface area contributed by atoms with Gasteiger partial charge in [-0.05, 0) is 37.0 Å². The van der Waals surface area contributed by atoms with Gasteiger partial charge in [0.1, 0.15) is 6.10 Å². The van der Waals surface area contributed by atoms with Crippen LogP contribution < -0.4 is 16.6 Å². The molecule has 5 nitrogen and oxygen atoms in total. The van der Waals surface area contributed by atoms with Crippen LogP contribution in [0.2, 0.25) is 5.02 Å². The largest absolute Gasteiger partial charge is 0.382 e. The SMILES string of the molecule is Cc1ccc(N(N)C(=O)C(O)[C@H](N)CC2CCCCC2)cc1Cl. The zero-order valence-electron chi connectivity index (χ0n) is 13.5. The lowest BCUT2D eigenvalue weighted by Crippen LogP contribution is -2.51. The molecule has 5 N–H and O–H groups in total. The lowest BCUT2D eigenvalue weighted by Gasteiger charge is -2.28. The normalized spacial score (nSPS) is 18.5. The summed E-state index contributed by atoms with van der Waals surface area (Å²) >= 11 is 6.05. The summed E-state index contributed by atoms with van der Waals surface area (Å²) in [6.07, 6.45) is 5.25. The van der Waals surface area contributed by atoms with Crippen molar-refractivity contribution in [2.45, 2.75) is 57.6 Å². The van der Waals surface area contributed by atoms with Crippen molar-refractivity contribution in [3.8, 4) is 0 Å². The molecule has 0 aliphatic heterocycles. The van der Waals surface area contributed by atoms with Crippen molar-refractivity contribution in [2.24, 2.45) is 17.5 Å². The van der Waals surface area contributed by atoms with Crippen LogP contribution in [0.3, 0.4) is 0 Å². The number of carbonyl (C=O) groups excluding carboxylic acids is 1. The summed E-state index contributed by atoms with van der Waals surface area (Å²) in [5.41, 5.74) is 7.37. The zero-order chi connectivity index (χ0) is 17.0. The molecular weight excluding hydrogens is 314 g/mol. The van der Waals surface area contributed by atoms with Gasteiger partial charge < -0.3 is 10.8 Å². The number of amides is 1. The quantitative estimate of drug-likeness (QED) is 0.436. The molecule has 1 unspecified atom stereocenters. The number of rotatable bonds is 5. The van der Waals surface area contributed by atoms with Gasteiger partial charge in [0.2, 0.25) is 0 Å². The first-order valence-electron chi connectivity index (χ1n) is 8.18. The molecule has 0 aromatic heterocycles. The summed E-state index contributed by atoms with van der Waals surface area (Å²) in [5.74, 6) is 5.72. The molecule has 1 aliphatic rings. The number of halogens is 1. The molecule has 1 saturated carbocycles. The highest BCUT2D eigenvalue weighted by Gasteiger charge is 2.29. The molecule has 1 aromatic rings. The second-order valence-electron chi connectivity index (χ2n) is 6.49. The highest BCUT2D eigenvalue weighted by Crippen LogP contribution is 2.28. The van der Waals surface area contributed by atoms with E-state index in [1.165, 1.54) is 19.3 Å². The topological polar surface area (TPSA) is 92.6 Å². The third-order valence-corrected chi connectivity index (χ3v) is 5.07. The van der Waals surface area contributed by atoms with Gasteiger partial charge in [-0.15, -0.1) is 0 Å². The summed E-state index contributed by atoms with van der Waals surface area (Å²) < 4.78 is 0.